The molecule has 0 aliphatic rings. The van der Waals surface area contributed by atoms with Crippen LogP contribution < -0.4 is 5.73 Å². The van der Waals surface area contributed by atoms with Crippen molar-refractivity contribution >= 4 is 16.7 Å². The van der Waals surface area contributed by atoms with Gasteiger partial charge < -0.3 is 5.73 Å². The number of para-hydroxylation sites is 1. The number of benzene rings is 1. The maximum atomic E-state index is 5.83. The Morgan fingerprint density at radius 2 is 2.12 bits per heavy atom. The number of fused-ring (bicyclic) bond motifs is 1. The molecule has 0 saturated heterocycles. The molecule has 5 heteroatoms. The van der Waals surface area contributed by atoms with E-state index in [-0.39, 0.29) is 0 Å². The third kappa shape index (κ3) is 1.11. The van der Waals surface area contributed by atoms with Gasteiger partial charge in [-0.05, 0) is 0 Å². The van der Waals surface area contributed by atoms with Gasteiger partial charge in [0.1, 0.15) is 5.82 Å². The molecule has 0 spiro atoms. The molecule has 2 heterocycles. The quantitative estimate of drug-likeness (QED) is 0.644. The molecule has 3 aromatic rings. The van der Waals surface area contributed by atoms with E-state index in [2.05, 4.69) is 15.3 Å². The molecule has 3 N–H and O–H groups in total. The maximum absolute atomic E-state index is 5.83. The van der Waals surface area contributed by atoms with Gasteiger partial charge in [0.15, 0.2) is 0 Å². The molecule has 0 aliphatic carbocycles. The first-order valence-corrected chi connectivity index (χ1v) is 4.97. The van der Waals surface area contributed by atoms with E-state index in [9.17, 15) is 0 Å². The Balaban J connectivity index is 2.39. The molecule has 0 aliphatic heterocycles. The van der Waals surface area contributed by atoms with Crippen LogP contribution in [-0.2, 0) is 7.05 Å². The number of aromatic nitrogens is 4. The third-order valence-electron chi connectivity index (χ3n) is 2.72. The van der Waals surface area contributed by atoms with Crippen molar-refractivity contribution in [3.8, 4) is 11.1 Å². The van der Waals surface area contributed by atoms with Gasteiger partial charge in [0.2, 0.25) is 0 Å². The molecule has 0 atom stereocenters. The second kappa shape index (κ2) is 3.10. The fraction of sp³-hybridized carbons (Fsp3) is 0.0909. The Labute approximate surface area is 91.9 Å². The number of hydrogen-bond donors (Lipinski definition) is 2. The number of nitrogens with one attached hydrogen (secondary N) is 1. The number of H-pyrrole nitrogens is 1. The lowest BCUT2D eigenvalue weighted by Gasteiger charge is -2.03. The Morgan fingerprint density at radius 1 is 1.25 bits per heavy atom. The molecule has 0 fully saturated rings. The number of aromatic amines is 1. The lowest BCUT2D eigenvalue weighted by atomic mass is 10.1. The van der Waals surface area contributed by atoms with E-state index in [0.29, 0.717) is 5.82 Å². The highest BCUT2D eigenvalue weighted by molar-refractivity contribution is 5.96. The SMILES string of the molecule is Cn1ncc2cccc(-c3cn[nH]c3N)c21. The van der Waals surface area contributed by atoms with Gasteiger partial charge in [-0.1, -0.05) is 18.2 Å². The van der Waals surface area contributed by atoms with Crippen molar-refractivity contribution in [2.75, 3.05) is 5.73 Å². The molecule has 1 aromatic carbocycles. The molecule has 5 nitrogen and oxygen atoms in total. The van der Waals surface area contributed by atoms with E-state index in [0.717, 1.165) is 22.0 Å². The summed E-state index contributed by atoms with van der Waals surface area (Å²) >= 11 is 0. The van der Waals surface area contributed by atoms with Gasteiger partial charge in [0.05, 0.1) is 17.9 Å². The fourth-order valence-corrected chi connectivity index (χ4v) is 1.96. The standard InChI is InChI=1S/C11H11N5/c1-16-10-7(5-14-16)3-2-4-8(10)9-6-13-15-11(9)12/h2-6H,1H3,(H3,12,13,15). The largest absolute Gasteiger partial charge is 0.384 e. The summed E-state index contributed by atoms with van der Waals surface area (Å²) in [6.07, 6.45) is 3.58. The van der Waals surface area contributed by atoms with Gasteiger partial charge >= 0.3 is 0 Å². The first-order valence-electron chi connectivity index (χ1n) is 4.97. The zero-order valence-electron chi connectivity index (χ0n) is 8.81. The van der Waals surface area contributed by atoms with Crippen molar-refractivity contribution in [2.24, 2.45) is 7.05 Å². The number of rotatable bonds is 1. The van der Waals surface area contributed by atoms with Gasteiger partial charge in [-0.3, -0.25) is 9.78 Å². The van der Waals surface area contributed by atoms with E-state index in [1.807, 2.05) is 36.1 Å². The minimum Gasteiger partial charge on any atom is -0.384 e. The van der Waals surface area contributed by atoms with Crippen LogP contribution in [0.5, 0.6) is 0 Å². The second-order valence-corrected chi connectivity index (χ2v) is 3.71. The van der Waals surface area contributed by atoms with Crippen LogP contribution in [0.4, 0.5) is 5.82 Å². The molecule has 2 aromatic heterocycles. The summed E-state index contributed by atoms with van der Waals surface area (Å²) in [4.78, 5) is 0. The monoisotopic (exact) mass is 213 g/mol. The van der Waals surface area contributed by atoms with Gasteiger partial charge in [0.25, 0.3) is 0 Å². The summed E-state index contributed by atoms with van der Waals surface area (Å²) in [7, 11) is 1.92. The first-order chi connectivity index (χ1) is 7.77. The Morgan fingerprint density at radius 3 is 2.88 bits per heavy atom. The number of hydrogen-bond acceptors (Lipinski definition) is 3. The van der Waals surface area contributed by atoms with Crippen LogP contribution in [0.1, 0.15) is 0 Å². The molecule has 0 unspecified atom stereocenters. The van der Waals surface area contributed by atoms with Crippen molar-refractivity contribution in [1.29, 1.82) is 0 Å². The summed E-state index contributed by atoms with van der Waals surface area (Å²) in [5, 5.41) is 12.0. The predicted molar refractivity (Wildman–Crippen MR) is 62.7 cm³/mol. The van der Waals surface area contributed by atoms with Crippen LogP contribution >= 0.6 is 0 Å². The molecular weight excluding hydrogens is 202 g/mol. The zero-order chi connectivity index (χ0) is 11.1. The van der Waals surface area contributed by atoms with E-state index in [1.54, 1.807) is 6.20 Å². The first kappa shape index (κ1) is 8.96. The number of anilines is 1. The summed E-state index contributed by atoms with van der Waals surface area (Å²) in [6, 6.07) is 6.04. The van der Waals surface area contributed by atoms with Crippen LogP contribution in [0.3, 0.4) is 0 Å². The smallest absolute Gasteiger partial charge is 0.126 e. The number of nitrogen functional groups attached to an aromatic ring is 1. The highest BCUT2D eigenvalue weighted by Crippen LogP contribution is 2.30. The van der Waals surface area contributed by atoms with Crippen LogP contribution in [0.25, 0.3) is 22.0 Å². The molecule has 0 saturated carbocycles. The van der Waals surface area contributed by atoms with Crippen molar-refractivity contribution < 1.29 is 0 Å². The summed E-state index contributed by atoms with van der Waals surface area (Å²) in [5.41, 5.74) is 8.86. The molecule has 3 rings (SSSR count). The van der Waals surface area contributed by atoms with Crippen molar-refractivity contribution in [1.82, 2.24) is 20.0 Å². The van der Waals surface area contributed by atoms with Crippen molar-refractivity contribution in [3.05, 3.63) is 30.6 Å². The van der Waals surface area contributed by atoms with Gasteiger partial charge in [-0.2, -0.15) is 10.2 Å². The van der Waals surface area contributed by atoms with E-state index >= 15 is 0 Å². The van der Waals surface area contributed by atoms with Crippen LogP contribution in [-0.4, -0.2) is 20.0 Å². The molecule has 80 valence electrons. The van der Waals surface area contributed by atoms with Crippen molar-refractivity contribution in [3.63, 3.8) is 0 Å². The maximum Gasteiger partial charge on any atom is 0.126 e. The summed E-state index contributed by atoms with van der Waals surface area (Å²) in [6.45, 7) is 0. The minimum atomic E-state index is 0.578. The van der Waals surface area contributed by atoms with Crippen LogP contribution in [0, 0.1) is 0 Å². The zero-order valence-corrected chi connectivity index (χ0v) is 8.81. The highest BCUT2D eigenvalue weighted by Gasteiger charge is 2.11. The van der Waals surface area contributed by atoms with E-state index in [1.165, 1.54) is 0 Å². The molecule has 16 heavy (non-hydrogen) atoms. The van der Waals surface area contributed by atoms with E-state index in [4.69, 9.17) is 5.73 Å². The lowest BCUT2D eigenvalue weighted by Crippen LogP contribution is -1.93. The fourth-order valence-electron chi connectivity index (χ4n) is 1.96. The minimum absolute atomic E-state index is 0.578. The van der Waals surface area contributed by atoms with Gasteiger partial charge in [-0.25, -0.2) is 0 Å². The Kier molecular flexibility index (Phi) is 1.73. The highest BCUT2D eigenvalue weighted by atomic mass is 15.2. The molecular formula is C11H11N5. The predicted octanol–water partition coefficient (Wildman–Crippen LogP) is 1.55. The summed E-state index contributed by atoms with van der Waals surface area (Å²) in [5.74, 6) is 0.578. The Hall–Kier alpha value is -2.30. The summed E-state index contributed by atoms with van der Waals surface area (Å²) < 4.78 is 1.84. The second-order valence-electron chi connectivity index (χ2n) is 3.71. The van der Waals surface area contributed by atoms with Crippen LogP contribution in [0.15, 0.2) is 30.6 Å². The number of nitrogens with zero attached hydrogens (tertiary/aromatic N) is 3. The lowest BCUT2D eigenvalue weighted by molar-refractivity contribution is 0.797. The van der Waals surface area contributed by atoms with Gasteiger partial charge in [-0.15, -0.1) is 0 Å². The van der Waals surface area contributed by atoms with E-state index < -0.39 is 0 Å². The third-order valence-corrected chi connectivity index (χ3v) is 2.72. The number of nitrogens with two attached hydrogens (primary N) is 1. The average molecular weight is 213 g/mol. The molecule has 0 radical (unpaired) electrons. The van der Waals surface area contributed by atoms with Gasteiger partial charge in [0, 0.05) is 23.6 Å². The molecule has 0 bridgehead atoms. The Bertz CT molecular complexity index is 649. The average Bonchev–Trinajstić information content (AvgIpc) is 2.86. The molecule has 0 amide bonds. The normalized spacial score (nSPS) is 11.1. The topological polar surface area (TPSA) is 72.5 Å². The van der Waals surface area contributed by atoms with Crippen LogP contribution in [0.2, 0.25) is 0 Å². The number of aryl methyl sites for hydroxylation is 1. The van der Waals surface area contributed by atoms with Crippen molar-refractivity contribution in [2.45, 2.75) is 0 Å².